The van der Waals surface area contributed by atoms with Crippen molar-refractivity contribution in [3.05, 3.63) is 32.9 Å². The van der Waals surface area contributed by atoms with Crippen molar-refractivity contribution in [3.8, 4) is 0 Å². The largest absolute Gasteiger partial charge is 0.337 e. The summed E-state index contributed by atoms with van der Waals surface area (Å²) < 4.78 is 13.9. The van der Waals surface area contributed by atoms with Crippen molar-refractivity contribution in [2.75, 3.05) is 6.54 Å². The van der Waals surface area contributed by atoms with E-state index in [0.29, 0.717) is 35.1 Å². The summed E-state index contributed by atoms with van der Waals surface area (Å²) in [4.78, 5) is 36.5. The fourth-order valence-electron chi connectivity index (χ4n) is 5.26. The average molecular weight is 321 g/mol. The maximum absolute atomic E-state index is 13.3. The first-order valence-electron chi connectivity index (χ1n) is 8.31. The van der Waals surface area contributed by atoms with Crippen molar-refractivity contribution in [1.82, 2.24) is 14.9 Å². The molecule has 6 nitrogen and oxygen atoms in total. The number of aromatic nitrogens is 2. The topological polar surface area (TPSA) is 84.0 Å². The minimum atomic E-state index is -1.14. The molecule has 1 aromatic rings. The van der Waals surface area contributed by atoms with Gasteiger partial charge in [0.05, 0.1) is 6.20 Å². The third kappa shape index (κ3) is 2.52. The monoisotopic (exact) mass is 321 g/mol. The van der Waals surface area contributed by atoms with Crippen LogP contribution in [0.15, 0.2) is 15.8 Å². The summed E-state index contributed by atoms with van der Waals surface area (Å²) in [5, 5.41) is 2.75. The third-order valence-corrected chi connectivity index (χ3v) is 6.03. The molecule has 4 saturated carbocycles. The zero-order chi connectivity index (χ0) is 16.1. The Kier molecular flexibility index (Phi) is 3.39. The van der Waals surface area contributed by atoms with Crippen LogP contribution in [0.1, 0.15) is 32.1 Å². The highest BCUT2D eigenvalue weighted by molar-refractivity contribution is 5.76. The number of aromatic amines is 1. The standard InChI is InChI=1S/C16H20FN3O3/c17-13-7-20(16(23)19-14(13)21)15(22)18-6-12-10-2-8-1-9(4-10)5-11(12)3-8/h7-12H,1-6H2,(H,18,22)(H,19,21,23). The number of carbonyl (C=O) groups is 1. The van der Waals surface area contributed by atoms with E-state index < -0.39 is 23.1 Å². The molecule has 0 atom stereocenters. The van der Waals surface area contributed by atoms with Crippen molar-refractivity contribution in [2.45, 2.75) is 32.1 Å². The van der Waals surface area contributed by atoms with Crippen molar-refractivity contribution < 1.29 is 9.18 Å². The predicted molar refractivity (Wildman–Crippen MR) is 80.6 cm³/mol. The number of nitrogens with one attached hydrogen (secondary N) is 2. The molecule has 23 heavy (non-hydrogen) atoms. The summed E-state index contributed by atoms with van der Waals surface area (Å²) in [5.41, 5.74) is -2.03. The minimum absolute atomic E-state index is 0.454. The Morgan fingerprint density at radius 3 is 2.39 bits per heavy atom. The van der Waals surface area contributed by atoms with Gasteiger partial charge < -0.3 is 5.32 Å². The van der Waals surface area contributed by atoms with Crippen LogP contribution in [0.4, 0.5) is 9.18 Å². The Morgan fingerprint density at radius 2 is 1.78 bits per heavy atom. The Bertz CT molecular complexity index is 726. The molecule has 4 fully saturated rings. The van der Waals surface area contributed by atoms with Crippen molar-refractivity contribution >= 4 is 6.03 Å². The molecule has 0 spiro atoms. The van der Waals surface area contributed by atoms with Gasteiger partial charge in [0.2, 0.25) is 5.82 Å². The van der Waals surface area contributed by atoms with Crippen LogP contribution in [0, 0.1) is 35.4 Å². The van der Waals surface area contributed by atoms with Crippen LogP contribution in [-0.2, 0) is 0 Å². The van der Waals surface area contributed by atoms with Crippen LogP contribution in [0.25, 0.3) is 0 Å². The summed E-state index contributed by atoms with van der Waals surface area (Å²) in [6, 6.07) is -0.682. The van der Waals surface area contributed by atoms with Crippen molar-refractivity contribution in [3.63, 3.8) is 0 Å². The van der Waals surface area contributed by atoms with Gasteiger partial charge in [-0.2, -0.15) is 4.39 Å². The van der Waals surface area contributed by atoms with Crippen LogP contribution >= 0.6 is 0 Å². The van der Waals surface area contributed by atoms with Crippen LogP contribution in [0.2, 0.25) is 0 Å². The maximum Gasteiger partial charge on any atom is 0.336 e. The first-order chi connectivity index (χ1) is 11.0. The Balaban J connectivity index is 1.45. The van der Waals surface area contributed by atoms with Gasteiger partial charge in [-0.15, -0.1) is 0 Å². The molecule has 124 valence electrons. The maximum atomic E-state index is 13.3. The highest BCUT2D eigenvalue weighted by Gasteiger charge is 2.47. The van der Waals surface area contributed by atoms with E-state index in [1.54, 1.807) is 4.98 Å². The number of amides is 1. The minimum Gasteiger partial charge on any atom is -0.337 e. The molecule has 7 heteroatoms. The summed E-state index contributed by atoms with van der Waals surface area (Å²) in [6.07, 6.45) is 7.02. The Labute approximate surface area is 132 Å². The fraction of sp³-hybridized carbons (Fsp3) is 0.688. The van der Waals surface area contributed by atoms with Crippen LogP contribution in [0.3, 0.4) is 0 Å². The number of hydrogen-bond donors (Lipinski definition) is 2. The average Bonchev–Trinajstić information content (AvgIpc) is 2.49. The first-order valence-corrected chi connectivity index (χ1v) is 8.31. The summed E-state index contributed by atoms with van der Waals surface area (Å²) in [6.45, 7) is 0.515. The van der Waals surface area contributed by atoms with Crippen molar-refractivity contribution in [1.29, 1.82) is 0 Å². The summed E-state index contributed by atoms with van der Waals surface area (Å²) >= 11 is 0. The first kappa shape index (κ1) is 14.7. The van der Waals surface area contributed by atoms with E-state index in [1.165, 1.54) is 32.1 Å². The number of halogens is 1. The van der Waals surface area contributed by atoms with Gasteiger partial charge >= 0.3 is 11.7 Å². The second-order valence-electron chi connectivity index (χ2n) is 7.39. The van der Waals surface area contributed by atoms with Crippen LogP contribution in [0.5, 0.6) is 0 Å². The van der Waals surface area contributed by atoms with Crippen LogP contribution < -0.4 is 16.6 Å². The van der Waals surface area contributed by atoms with Gasteiger partial charge in [0.1, 0.15) is 0 Å². The molecular formula is C16H20FN3O3. The quantitative estimate of drug-likeness (QED) is 0.861. The van der Waals surface area contributed by atoms with Gasteiger partial charge in [-0.3, -0.25) is 9.78 Å². The second-order valence-corrected chi connectivity index (χ2v) is 7.39. The smallest absolute Gasteiger partial charge is 0.336 e. The fourth-order valence-corrected chi connectivity index (χ4v) is 5.26. The van der Waals surface area contributed by atoms with E-state index in [-0.39, 0.29) is 0 Å². The Hall–Kier alpha value is -1.92. The van der Waals surface area contributed by atoms with Gasteiger partial charge in [-0.05, 0) is 61.7 Å². The molecule has 2 N–H and O–H groups in total. The number of H-pyrrole nitrogens is 1. The van der Waals surface area contributed by atoms with E-state index in [0.717, 1.165) is 11.8 Å². The second kappa shape index (κ2) is 5.32. The molecule has 0 radical (unpaired) electrons. The SMILES string of the molecule is O=C(NCC1C2CC3CC(C2)CC1C3)n1cc(F)c(=O)[nH]c1=O. The zero-order valence-corrected chi connectivity index (χ0v) is 12.8. The highest BCUT2D eigenvalue weighted by atomic mass is 19.1. The lowest BCUT2D eigenvalue weighted by Crippen LogP contribution is -2.50. The number of rotatable bonds is 2. The molecule has 4 bridgehead atoms. The van der Waals surface area contributed by atoms with Gasteiger partial charge in [0.15, 0.2) is 0 Å². The molecule has 0 aromatic carbocycles. The van der Waals surface area contributed by atoms with Gasteiger partial charge in [0, 0.05) is 6.54 Å². The van der Waals surface area contributed by atoms with Gasteiger partial charge in [-0.25, -0.2) is 14.2 Å². The lowest BCUT2D eigenvalue weighted by atomic mass is 9.52. The van der Waals surface area contributed by atoms with Crippen molar-refractivity contribution in [2.24, 2.45) is 29.6 Å². The zero-order valence-electron chi connectivity index (χ0n) is 12.8. The van der Waals surface area contributed by atoms with Gasteiger partial charge in [0.25, 0.3) is 5.56 Å². The molecule has 1 heterocycles. The molecule has 5 rings (SSSR count). The molecule has 4 aliphatic rings. The number of nitrogens with zero attached hydrogens (tertiary/aromatic N) is 1. The van der Waals surface area contributed by atoms with Gasteiger partial charge in [-0.1, -0.05) is 0 Å². The molecule has 0 unspecified atom stereocenters. The highest BCUT2D eigenvalue weighted by Crippen LogP contribution is 2.56. The molecule has 0 saturated heterocycles. The summed E-state index contributed by atoms with van der Waals surface area (Å²) in [5.74, 6) is 2.36. The van der Waals surface area contributed by atoms with E-state index in [9.17, 15) is 18.8 Å². The van der Waals surface area contributed by atoms with E-state index in [2.05, 4.69) is 5.32 Å². The lowest BCUT2D eigenvalue weighted by molar-refractivity contribution is -0.0343. The molecule has 0 aliphatic heterocycles. The molecule has 4 aliphatic carbocycles. The summed E-state index contributed by atoms with van der Waals surface area (Å²) in [7, 11) is 0. The lowest BCUT2D eigenvalue weighted by Gasteiger charge is -2.54. The van der Waals surface area contributed by atoms with E-state index >= 15 is 0 Å². The predicted octanol–water partition coefficient (Wildman–Crippen LogP) is 1.31. The number of carbonyl (C=O) groups excluding carboxylic acids is 1. The third-order valence-electron chi connectivity index (χ3n) is 6.03. The molecule has 1 amide bonds. The number of hydrogen-bond acceptors (Lipinski definition) is 3. The van der Waals surface area contributed by atoms with E-state index in [1.807, 2.05) is 0 Å². The molecule has 1 aromatic heterocycles. The Morgan fingerprint density at radius 1 is 1.17 bits per heavy atom. The molecular weight excluding hydrogens is 301 g/mol. The van der Waals surface area contributed by atoms with Crippen LogP contribution in [-0.4, -0.2) is 22.1 Å². The normalized spacial score (nSPS) is 34.6. The van der Waals surface area contributed by atoms with E-state index in [4.69, 9.17) is 0 Å².